The van der Waals surface area contributed by atoms with Crippen LogP contribution in [0.25, 0.3) is 0 Å². The van der Waals surface area contributed by atoms with E-state index >= 15 is 0 Å². The Kier molecular flexibility index (Phi) is 4.83. The van der Waals surface area contributed by atoms with Crippen molar-refractivity contribution in [2.75, 3.05) is 6.54 Å². The summed E-state index contributed by atoms with van der Waals surface area (Å²) in [5.74, 6) is -1.47. The van der Waals surface area contributed by atoms with Gasteiger partial charge in [-0.3, -0.25) is 0 Å². The van der Waals surface area contributed by atoms with Gasteiger partial charge >= 0.3 is 5.97 Å². The maximum Gasteiger partial charge on any atom is 0.333 e. The molecule has 0 radical (unpaired) electrons. The molecule has 100 valence electrons. The van der Waals surface area contributed by atoms with Gasteiger partial charge in [0.1, 0.15) is 0 Å². The molecule has 6 nitrogen and oxygen atoms in total. The Hall–Kier alpha value is -1.44. The third-order valence-electron chi connectivity index (χ3n) is 2.39. The molecule has 0 aliphatic heterocycles. The van der Waals surface area contributed by atoms with Gasteiger partial charge < -0.3 is 10.2 Å². The van der Waals surface area contributed by atoms with E-state index in [2.05, 4.69) is 0 Å². The minimum absolute atomic E-state index is 0.0392. The highest BCUT2D eigenvalue weighted by Gasteiger charge is 2.19. The van der Waals surface area contributed by atoms with Crippen LogP contribution < -0.4 is 4.72 Å². The number of hydrogen-bond donors (Lipinski definition) is 3. The lowest BCUT2D eigenvalue weighted by Gasteiger charge is -2.09. The second kappa shape index (κ2) is 5.94. The molecule has 1 unspecified atom stereocenters. The van der Waals surface area contributed by atoms with Crippen LogP contribution in [0.2, 0.25) is 0 Å². The topological polar surface area (TPSA) is 104 Å². The summed E-state index contributed by atoms with van der Waals surface area (Å²) < 4.78 is 25.5. The predicted molar refractivity (Wildman–Crippen MR) is 64.7 cm³/mol. The SMILES string of the molecule is CCc1ccc(S(=O)(=O)NCC(O)C(=O)O)cc1. The first-order valence-corrected chi connectivity index (χ1v) is 6.84. The number of carboxylic acids is 1. The molecule has 18 heavy (non-hydrogen) atoms. The first kappa shape index (κ1) is 14.6. The van der Waals surface area contributed by atoms with Crippen molar-refractivity contribution in [2.45, 2.75) is 24.3 Å². The lowest BCUT2D eigenvalue weighted by molar-refractivity contribution is -0.146. The van der Waals surface area contributed by atoms with Gasteiger partial charge in [-0.05, 0) is 24.1 Å². The van der Waals surface area contributed by atoms with Gasteiger partial charge in [0, 0.05) is 6.54 Å². The van der Waals surface area contributed by atoms with Crippen molar-refractivity contribution in [2.24, 2.45) is 0 Å². The molecule has 0 bridgehead atoms. The summed E-state index contributed by atoms with van der Waals surface area (Å²) in [5.41, 5.74) is 1.000. The van der Waals surface area contributed by atoms with Gasteiger partial charge in [0.05, 0.1) is 4.90 Å². The summed E-state index contributed by atoms with van der Waals surface area (Å²) in [4.78, 5) is 10.4. The number of aryl methyl sites for hydroxylation is 1. The van der Waals surface area contributed by atoms with Crippen molar-refractivity contribution in [1.29, 1.82) is 0 Å². The van der Waals surface area contributed by atoms with Crippen LogP contribution in [0.3, 0.4) is 0 Å². The van der Waals surface area contributed by atoms with Gasteiger partial charge in [0.15, 0.2) is 6.10 Å². The molecule has 1 aromatic rings. The Morgan fingerprint density at radius 1 is 1.33 bits per heavy atom. The van der Waals surface area contributed by atoms with E-state index in [4.69, 9.17) is 10.2 Å². The molecule has 3 N–H and O–H groups in total. The molecule has 0 spiro atoms. The van der Waals surface area contributed by atoms with Gasteiger partial charge in [-0.25, -0.2) is 17.9 Å². The van der Waals surface area contributed by atoms with E-state index < -0.39 is 28.6 Å². The van der Waals surface area contributed by atoms with Gasteiger partial charge in [0.2, 0.25) is 10.0 Å². The summed E-state index contributed by atoms with van der Waals surface area (Å²) >= 11 is 0. The van der Waals surface area contributed by atoms with Crippen molar-refractivity contribution in [3.8, 4) is 0 Å². The fourth-order valence-electron chi connectivity index (χ4n) is 1.26. The second-order valence-corrected chi connectivity index (χ2v) is 5.47. The quantitative estimate of drug-likeness (QED) is 0.675. The van der Waals surface area contributed by atoms with Crippen LogP contribution in [0, 0.1) is 0 Å². The minimum Gasteiger partial charge on any atom is -0.479 e. The van der Waals surface area contributed by atoms with Crippen LogP contribution in [-0.4, -0.2) is 37.2 Å². The van der Waals surface area contributed by atoms with Gasteiger partial charge in [-0.1, -0.05) is 19.1 Å². The molecule has 0 heterocycles. The zero-order valence-electron chi connectivity index (χ0n) is 9.83. The lowest BCUT2D eigenvalue weighted by atomic mass is 10.2. The molecular formula is C11H15NO5S. The molecule has 0 saturated carbocycles. The third-order valence-corrected chi connectivity index (χ3v) is 3.83. The zero-order valence-corrected chi connectivity index (χ0v) is 10.6. The standard InChI is InChI=1S/C11H15NO5S/c1-2-8-3-5-9(6-4-8)18(16,17)12-7-10(13)11(14)15/h3-6,10,12-13H,2,7H2,1H3,(H,14,15). The molecule has 0 aliphatic rings. The average Bonchev–Trinajstić information content (AvgIpc) is 2.36. The highest BCUT2D eigenvalue weighted by Crippen LogP contribution is 2.10. The van der Waals surface area contributed by atoms with E-state index in [9.17, 15) is 13.2 Å². The summed E-state index contributed by atoms with van der Waals surface area (Å²) in [6.45, 7) is 1.39. The smallest absolute Gasteiger partial charge is 0.333 e. The minimum atomic E-state index is -3.79. The van der Waals surface area contributed by atoms with E-state index in [0.29, 0.717) is 0 Å². The molecule has 0 fully saturated rings. The molecule has 0 aromatic heterocycles. The molecule has 1 atom stereocenters. The van der Waals surface area contributed by atoms with Crippen LogP contribution in [-0.2, 0) is 21.2 Å². The number of carboxylic acid groups (broad SMARTS) is 1. The van der Waals surface area contributed by atoms with Crippen LogP contribution >= 0.6 is 0 Å². The van der Waals surface area contributed by atoms with E-state index in [1.807, 2.05) is 11.6 Å². The van der Waals surface area contributed by atoms with Crippen LogP contribution in [0.1, 0.15) is 12.5 Å². The van der Waals surface area contributed by atoms with E-state index in [-0.39, 0.29) is 4.90 Å². The second-order valence-electron chi connectivity index (χ2n) is 3.70. The fourth-order valence-corrected chi connectivity index (χ4v) is 2.30. The van der Waals surface area contributed by atoms with E-state index in [1.165, 1.54) is 12.1 Å². The predicted octanol–water partition coefficient (Wildman–Crippen LogP) is -0.0272. The number of aliphatic hydroxyl groups excluding tert-OH is 1. The van der Waals surface area contributed by atoms with E-state index in [1.54, 1.807) is 12.1 Å². The molecule has 1 rings (SSSR count). The van der Waals surface area contributed by atoms with Gasteiger partial charge in [-0.15, -0.1) is 0 Å². The van der Waals surface area contributed by atoms with Gasteiger partial charge in [0.25, 0.3) is 0 Å². The van der Waals surface area contributed by atoms with Crippen molar-refractivity contribution in [1.82, 2.24) is 4.72 Å². The molecule has 0 amide bonds. The average molecular weight is 273 g/mol. The number of benzene rings is 1. The number of sulfonamides is 1. The summed E-state index contributed by atoms with van der Waals surface area (Å²) in [6, 6.07) is 6.24. The largest absolute Gasteiger partial charge is 0.479 e. The molecule has 7 heteroatoms. The Bertz CT molecular complexity index is 509. The molecule has 1 aromatic carbocycles. The van der Waals surface area contributed by atoms with Crippen molar-refractivity contribution >= 4 is 16.0 Å². The maximum absolute atomic E-state index is 11.7. The van der Waals surface area contributed by atoms with E-state index in [0.717, 1.165) is 12.0 Å². The number of aliphatic carboxylic acids is 1. The number of nitrogens with one attached hydrogen (secondary N) is 1. The summed E-state index contributed by atoms with van der Waals surface area (Å²) in [7, 11) is -3.79. The lowest BCUT2D eigenvalue weighted by Crippen LogP contribution is -2.36. The normalized spacial score (nSPS) is 13.2. The summed E-state index contributed by atoms with van der Waals surface area (Å²) in [5, 5.41) is 17.4. The first-order chi connectivity index (χ1) is 8.36. The van der Waals surface area contributed by atoms with Crippen molar-refractivity contribution < 1.29 is 23.4 Å². The van der Waals surface area contributed by atoms with Gasteiger partial charge in [-0.2, -0.15) is 0 Å². The Morgan fingerprint density at radius 2 is 1.89 bits per heavy atom. The monoisotopic (exact) mass is 273 g/mol. The summed E-state index contributed by atoms with van der Waals surface area (Å²) in [6.07, 6.45) is -0.958. The number of carbonyl (C=O) groups is 1. The highest BCUT2D eigenvalue weighted by molar-refractivity contribution is 7.89. The molecular weight excluding hydrogens is 258 g/mol. The highest BCUT2D eigenvalue weighted by atomic mass is 32.2. The zero-order chi connectivity index (χ0) is 13.8. The maximum atomic E-state index is 11.7. The molecule has 0 aliphatic carbocycles. The molecule has 0 saturated heterocycles. The van der Waals surface area contributed by atoms with Crippen LogP contribution in [0.15, 0.2) is 29.2 Å². The number of aliphatic hydroxyl groups is 1. The van der Waals surface area contributed by atoms with Crippen LogP contribution in [0.5, 0.6) is 0 Å². The number of hydrogen-bond acceptors (Lipinski definition) is 4. The number of rotatable bonds is 6. The Morgan fingerprint density at radius 3 is 2.33 bits per heavy atom. The van der Waals surface area contributed by atoms with Crippen LogP contribution in [0.4, 0.5) is 0 Å². The van der Waals surface area contributed by atoms with Crippen molar-refractivity contribution in [3.63, 3.8) is 0 Å². The van der Waals surface area contributed by atoms with Crippen molar-refractivity contribution in [3.05, 3.63) is 29.8 Å². The fraction of sp³-hybridized carbons (Fsp3) is 0.364. The third kappa shape index (κ3) is 3.80. The first-order valence-electron chi connectivity index (χ1n) is 5.36. The Balaban J connectivity index is 2.76. The Labute approximate surface area is 105 Å².